The predicted molar refractivity (Wildman–Crippen MR) is 92.5 cm³/mol. The third-order valence-electron chi connectivity index (χ3n) is 3.84. The summed E-state index contributed by atoms with van der Waals surface area (Å²) in [6, 6.07) is 8.51. The van der Waals surface area contributed by atoms with E-state index in [0.717, 1.165) is 5.69 Å². The molecule has 118 valence electrons. The van der Waals surface area contributed by atoms with Crippen molar-refractivity contribution in [2.45, 2.75) is 71.6 Å². The van der Waals surface area contributed by atoms with Gasteiger partial charge in [-0.15, -0.1) is 0 Å². The minimum atomic E-state index is 0.700. The van der Waals surface area contributed by atoms with Crippen LogP contribution in [0.1, 0.15) is 70.8 Å². The Labute approximate surface area is 130 Å². The van der Waals surface area contributed by atoms with Crippen molar-refractivity contribution in [1.29, 1.82) is 0 Å². The van der Waals surface area contributed by atoms with E-state index in [0.29, 0.717) is 5.90 Å². The van der Waals surface area contributed by atoms with E-state index in [1.165, 1.54) is 63.4 Å². The van der Waals surface area contributed by atoms with E-state index >= 15 is 0 Å². The molecule has 0 aliphatic heterocycles. The fourth-order valence-corrected chi connectivity index (χ4v) is 2.43. The fraction of sp³-hybridized carbons (Fsp3) is 0.632. The van der Waals surface area contributed by atoms with Crippen LogP contribution in [0, 0.1) is 0 Å². The Morgan fingerprint density at radius 2 is 1.48 bits per heavy atom. The van der Waals surface area contributed by atoms with Crippen LogP contribution in [0.3, 0.4) is 0 Å². The lowest BCUT2D eigenvalue weighted by atomic mass is 10.0. The van der Waals surface area contributed by atoms with E-state index in [1.807, 2.05) is 6.92 Å². The molecule has 0 fully saturated rings. The summed E-state index contributed by atoms with van der Waals surface area (Å²) in [5.41, 5.74) is 2.38. The summed E-state index contributed by atoms with van der Waals surface area (Å²) in [5.74, 6) is 0.700. The Kier molecular flexibility index (Phi) is 9.60. The molecule has 0 N–H and O–H groups in total. The van der Waals surface area contributed by atoms with E-state index in [4.69, 9.17) is 4.74 Å². The first kappa shape index (κ1) is 17.7. The number of hydrogen-bond acceptors (Lipinski definition) is 2. The first-order chi connectivity index (χ1) is 10.3. The summed E-state index contributed by atoms with van der Waals surface area (Å²) in [6.45, 7) is 4.14. The molecule has 0 bridgehead atoms. The van der Waals surface area contributed by atoms with E-state index in [9.17, 15) is 0 Å². The molecule has 2 nitrogen and oxygen atoms in total. The van der Waals surface area contributed by atoms with Crippen molar-refractivity contribution in [2.24, 2.45) is 4.99 Å². The number of ether oxygens (including phenoxy) is 1. The Morgan fingerprint density at radius 1 is 0.905 bits per heavy atom. The molecule has 0 aliphatic rings. The average molecular weight is 289 g/mol. The maximum atomic E-state index is 5.06. The lowest BCUT2D eigenvalue weighted by Crippen LogP contribution is -1.92. The Hall–Kier alpha value is -1.31. The van der Waals surface area contributed by atoms with Crippen molar-refractivity contribution in [2.75, 3.05) is 7.11 Å². The first-order valence-electron chi connectivity index (χ1n) is 8.44. The highest BCUT2D eigenvalue weighted by Crippen LogP contribution is 2.16. The van der Waals surface area contributed by atoms with Crippen molar-refractivity contribution < 1.29 is 4.74 Å². The Balaban J connectivity index is 2.15. The van der Waals surface area contributed by atoms with Gasteiger partial charge in [-0.25, -0.2) is 4.99 Å². The number of aryl methyl sites for hydroxylation is 1. The normalized spacial score (nSPS) is 11.7. The standard InChI is InChI=1S/C19H31NO/c1-4-5-6-7-8-9-10-11-12-18-13-15-19(16-14-18)20-17(2)21-3/h13-16H,4-12H2,1-3H3/b20-17+. The summed E-state index contributed by atoms with van der Waals surface area (Å²) < 4.78 is 5.06. The maximum Gasteiger partial charge on any atom is 0.184 e. The minimum absolute atomic E-state index is 0.700. The van der Waals surface area contributed by atoms with Crippen LogP contribution in [-0.4, -0.2) is 13.0 Å². The predicted octanol–water partition coefficient (Wildman–Crippen LogP) is 6.07. The van der Waals surface area contributed by atoms with Crippen LogP contribution >= 0.6 is 0 Å². The molecule has 0 atom stereocenters. The molecule has 0 saturated heterocycles. The molecular formula is C19H31NO. The van der Waals surface area contributed by atoms with Crippen molar-refractivity contribution >= 4 is 11.6 Å². The van der Waals surface area contributed by atoms with Gasteiger partial charge in [-0.2, -0.15) is 0 Å². The molecule has 1 aromatic carbocycles. The van der Waals surface area contributed by atoms with Crippen LogP contribution in [0.4, 0.5) is 5.69 Å². The van der Waals surface area contributed by atoms with E-state index < -0.39 is 0 Å². The second-order valence-corrected chi connectivity index (χ2v) is 5.73. The van der Waals surface area contributed by atoms with Crippen LogP contribution in [0.2, 0.25) is 0 Å². The zero-order valence-corrected chi connectivity index (χ0v) is 14.0. The third kappa shape index (κ3) is 8.54. The fourth-order valence-electron chi connectivity index (χ4n) is 2.43. The number of hydrogen-bond donors (Lipinski definition) is 0. The topological polar surface area (TPSA) is 21.6 Å². The number of unbranched alkanes of at least 4 members (excludes halogenated alkanes) is 7. The van der Waals surface area contributed by atoms with Gasteiger partial charge in [0, 0.05) is 6.92 Å². The van der Waals surface area contributed by atoms with E-state index in [1.54, 1.807) is 7.11 Å². The summed E-state index contributed by atoms with van der Waals surface area (Å²) in [6.07, 6.45) is 12.2. The molecule has 0 saturated carbocycles. The van der Waals surface area contributed by atoms with Crippen molar-refractivity contribution in [3.05, 3.63) is 29.8 Å². The monoisotopic (exact) mass is 289 g/mol. The van der Waals surface area contributed by atoms with Gasteiger partial charge in [0.25, 0.3) is 0 Å². The van der Waals surface area contributed by atoms with Crippen LogP contribution in [-0.2, 0) is 11.2 Å². The molecular weight excluding hydrogens is 258 g/mol. The smallest absolute Gasteiger partial charge is 0.184 e. The second-order valence-electron chi connectivity index (χ2n) is 5.73. The SMILES string of the molecule is CCCCCCCCCCc1ccc(/N=C(\C)OC)cc1. The molecule has 2 heteroatoms. The van der Waals surface area contributed by atoms with Crippen LogP contribution in [0.5, 0.6) is 0 Å². The third-order valence-corrected chi connectivity index (χ3v) is 3.84. The second kappa shape index (κ2) is 11.4. The van der Waals surface area contributed by atoms with Gasteiger partial charge in [-0.05, 0) is 30.5 Å². The highest BCUT2D eigenvalue weighted by Gasteiger charge is 1.96. The molecule has 0 aliphatic carbocycles. The molecule has 0 aromatic heterocycles. The number of benzene rings is 1. The first-order valence-corrected chi connectivity index (χ1v) is 8.44. The summed E-state index contributed by atoms with van der Waals surface area (Å²) in [7, 11) is 1.65. The largest absolute Gasteiger partial charge is 0.484 e. The summed E-state index contributed by atoms with van der Waals surface area (Å²) in [5, 5.41) is 0. The van der Waals surface area contributed by atoms with Gasteiger partial charge in [0.15, 0.2) is 5.90 Å². The van der Waals surface area contributed by atoms with Crippen molar-refractivity contribution in [3.8, 4) is 0 Å². The van der Waals surface area contributed by atoms with Gasteiger partial charge >= 0.3 is 0 Å². The summed E-state index contributed by atoms with van der Waals surface area (Å²) >= 11 is 0. The molecule has 1 rings (SSSR count). The van der Waals surface area contributed by atoms with Gasteiger partial charge in [0.05, 0.1) is 12.8 Å². The molecule has 0 amide bonds. The van der Waals surface area contributed by atoms with Crippen LogP contribution < -0.4 is 0 Å². The molecule has 1 aromatic rings. The molecule has 21 heavy (non-hydrogen) atoms. The number of aliphatic imine (C=N–C) groups is 1. The van der Waals surface area contributed by atoms with E-state index in [-0.39, 0.29) is 0 Å². The van der Waals surface area contributed by atoms with Crippen LogP contribution in [0.25, 0.3) is 0 Å². The molecule has 0 spiro atoms. The van der Waals surface area contributed by atoms with Gasteiger partial charge < -0.3 is 4.74 Å². The number of rotatable bonds is 10. The Morgan fingerprint density at radius 3 is 2.05 bits per heavy atom. The maximum absolute atomic E-state index is 5.06. The lowest BCUT2D eigenvalue weighted by molar-refractivity contribution is 0.400. The van der Waals surface area contributed by atoms with Gasteiger partial charge in [-0.3, -0.25) is 0 Å². The highest BCUT2D eigenvalue weighted by atomic mass is 16.5. The molecule has 0 radical (unpaired) electrons. The zero-order valence-electron chi connectivity index (χ0n) is 14.0. The number of nitrogens with zero attached hydrogens (tertiary/aromatic N) is 1. The molecule has 0 unspecified atom stereocenters. The highest BCUT2D eigenvalue weighted by molar-refractivity contribution is 5.76. The lowest BCUT2D eigenvalue weighted by Gasteiger charge is -2.04. The van der Waals surface area contributed by atoms with Gasteiger partial charge in [0.2, 0.25) is 0 Å². The van der Waals surface area contributed by atoms with Crippen molar-refractivity contribution in [3.63, 3.8) is 0 Å². The molecule has 0 heterocycles. The summed E-state index contributed by atoms with van der Waals surface area (Å²) in [4.78, 5) is 4.36. The van der Waals surface area contributed by atoms with Gasteiger partial charge in [0.1, 0.15) is 0 Å². The number of methoxy groups -OCH3 is 1. The van der Waals surface area contributed by atoms with Crippen LogP contribution in [0.15, 0.2) is 29.3 Å². The van der Waals surface area contributed by atoms with E-state index in [2.05, 4.69) is 36.2 Å². The quantitative estimate of drug-likeness (QED) is 0.291. The zero-order chi connectivity index (χ0) is 15.3. The van der Waals surface area contributed by atoms with Gasteiger partial charge in [-0.1, -0.05) is 64.0 Å². The van der Waals surface area contributed by atoms with Crippen molar-refractivity contribution in [1.82, 2.24) is 0 Å². The minimum Gasteiger partial charge on any atom is -0.484 e. The average Bonchev–Trinajstić information content (AvgIpc) is 2.51. The Bertz CT molecular complexity index is 395.